The molecule has 3 atom stereocenters. The monoisotopic (exact) mass is 474 g/mol. The molecular weight excluding hydrogens is 444 g/mol. The number of thioether (sulfide) groups is 1. The van der Waals surface area contributed by atoms with Gasteiger partial charge in [-0.15, -0.1) is 11.8 Å². The number of benzene rings is 2. The topological polar surface area (TPSA) is 58.6 Å². The van der Waals surface area contributed by atoms with Crippen molar-refractivity contribution in [1.82, 2.24) is 10.2 Å². The summed E-state index contributed by atoms with van der Waals surface area (Å²) in [5, 5.41) is 3.42. The fraction of sp³-hybridized carbons (Fsp3) is 0.440. The molecule has 2 aromatic carbocycles. The summed E-state index contributed by atoms with van der Waals surface area (Å²) in [6.45, 7) is 7.47. The fourth-order valence-corrected chi connectivity index (χ4v) is 5.11. The highest BCUT2D eigenvalue weighted by Gasteiger charge is 2.44. The number of hydrogen-bond acceptors (Lipinski definition) is 4. The van der Waals surface area contributed by atoms with Crippen molar-refractivity contribution in [1.29, 1.82) is 0 Å². The van der Waals surface area contributed by atoms with Gasteiger partial charge < -0.3 is 10.1 Å². The molecule has 0 bridgehead atoms. The van der Waals surface area contributed by atoms with Crippen LogP contribution in [0, 0.1) is 0 Å². The largest absolute Gasteiger partial charge is 0.444 e. The van der Waals surface area contributed by atoms with E-state index in [1.807, 2.05) is 58.0 Å². The van der Waals surface area contributed by atoms with Gasteiger partial charge in [-0.3, -0.25) is 9.69 Å². The number of carbonyl (C=O) groups excluding carboxylic acids is 2. The number of carbonyl (C=O) groups is 2. The molecule has 1 N–H and O–H groups in total. The highest BCUT2D eigenvalue weighted by Crippen LogP contribution is 2.42. The minimum absolute atomic E-state index is 0.0113. The zero-order valence-corrected chi connectivity index (χ0v) is 20.6. The van der Waals surface area contributed by atoms with Crippen molar-refractivity contribution in [3.8, 4) is 0 Å². The smallest absolute Gasteiger partial charge is 0.412 e. The Hall–Kier alpha value is -2.18. The van der Waals surface area contributed by atoms with Crippen LogP contribution >= 0.6 is 23.4 Å². The molecule has 3 rings (SSSR count). The Morgan fingerprint density at radius 3 is 2.44 bits per heavy atom. The van der Waals surface area contributed by atoms with Crippen LogP contribution in [0.5, 0.6) is 0 Å². The molecule has 0 aromatic heterocycles. The molecule has 5 nitrogen and oxygen atoms in total. The SMILES string of the molecule is C[C@H](CCc1ccccc1)NC(=O)[C@H]1CS[C@H](c2ccc(Cl)cc2)N1C(=O)OC(C)(C)C. The zero-order chi connectivity index (χ0) is 23.3. The van der Waals surface area contributed by atoms with Crippen LogP contribution in [-0.4, -0.2) is 40.3 Å². The van der Waals surface area contributed by atoms with Gasteiger partial charge in [-0.2, -0.15) is 0 Å². The van der Waals surface area contributed by atoms with E-state index in [4.69, 9.17) is 16.3 Å². The predicted molar refractivity (Wildman–Crippen MR) is 131 cm³/mol. The van der Waals surface area contributed by atoms with Crippen LogP contribution < -0.4 is 5.32 Å². The van der Waals surface area contributed by atoms with E-state index in [-0.39, 0.29) is 17.3 Å². The molecular formula is C25H31ClN2O3S. The number of amides is 2. The van der Waals surface area contributed by atoms with Crippen molar-refractivity contribution in [2.75, 3.05) is 5.75 Å². The highest BCUT2D eigenvalue weighted by molar-refractivity contribution is 7.99. The number of hydrogen-bond donors (Lipinski definition) is 1. The first-order valence-electron chi connectivity index (χ1n) is 10.9. The van der Waals surface area contributed by atoms with Crippen LogP contribution in [0.1, 0.15) is 50.6 Å². The molecule has 1 heterocycles. The van der Waals surface area contributed by atoms with E-state index < -0.39 is 17.7 Å². The Morgan fingerprint density at radius 1 is 1.16 bits per heavy atom. The van der Waals surface area contributed by atoms with Crippen molar-refractivity contribution in [3.05, 3.63) is 70.7 Å². The summed E-state index contributed by atoms with van der Waals surface area (Å²) in [6.07, 6.45) is 1.22. The molecule has 0 radical (unpaired) electrons. The van der Waals surface area contributed by atoms with Gasteiger partial charge in [-0.1, -0.05) is 54.1 Å². The molecule has 0 aliphatic carbocycles. The van der Waals surface area contributed by atoms with Gasteiger partial charge in [0.25, 0.3) is 0 Å². The molecule has 1 aliphatic heterocycles. The lowest BCUT2D eigenvalue weighted by Crippen LogP contribution is -2.51. The third-order valence-corrected chi connectivity index (χ3v) is 6.74. The van der Waals surface area contributed by atoms with Gasteiger partial charge in [-0.25, -0.2) is 4.79 Å². The molecule has 2 amide bonds. The van der Waals surface area contributed by atoms with Gasteiger partial charge >= 0.3 is 6.09 Å². The van der Waals surface area contributed by atoms with Gasteiger partial charge in [0.05, 0.1) is 0 Å². The number of nitrogens with zero attached hydrogens (tertiary/aromatic N) is 1. The average molecular weight is 475 g/mol. The lowest BCUT2D eigenvalue weighted by Gasteiger charge is -2.32. The Morgan fingerprint density at radius 2 is 1.81 bits per heavy atom. The van der Waals surface area contributed by atoms with E-state index in [0.29, 0.717) is 10.8 Å². The minimum Gasteiger partial charge on any atom is -0.444 e. The lowest BCUT2D eigenvalue weighted by atomic mass is 10.1. The van der Waals surface area contributed by atoms with E-state index in [0.717, 1.165) is 18.4 Å². The molecule has 0 unspecified atom stereocenters. The summed E-state index contributed by atoms with van der Waals surface area (Å²) in [5.74, 6) is 0.351. The van der Waals surface area contributed by atoms with Crippen LogP contribution in [0.4, 0.5) is 4.79 Å². The standard InChI is InChI=1S/C25H31ClN2O3S/c1-17(10-11-18-8-6-5-7-9-18)27-22(29)21-16-32-23(19-12-14-20(26)15-13-19)28(21)24(30)31-25(2,3)4/h5-9,12-15,17,21,23H,10-11,16H2,1-4H3,(H,27,29)/t17-,21-,23-/m1/s1. The average Bonchev–Trinajstić information content (AvgIpc) is 3.18. The molecule has 1 fully saturated rings. The maximum absolute atomic E-state index is 13.2. The molecule has 32 heavy (non-hydrogen) atoms. The summed E-state index contributed by atoms with van der Waals surface area (Å²) in [7, 11) is 0. The van der Waals surface area contributed by atoms with Crippen LogP contribution in [0.3, 0.4) is 0 Å². The van der Waals surface area contributed by atoms with Crippen molar-refractivity contribution < 1.29 is 14.3 Å². The summed E-state index contributed by atoms with van der Waals surface area (Å²) in [6, 6.07) is 17.0. The van der Waals surface area contributed by atoms with Crippen LogP contribution in [0.2, 0.25) is 5.02 Å². The Bertz CT molecular complexity index is 915. The number of nitrogens with one attached hydrogen (secondary N) is 1. The van der Waals surface area contributed by atoms with Crippen molar-refractivity contribution in [3.63, 3.8) is 0 Å². The van der Waals surface area contributed by atoms with E-state index in [1.54, 1.807) is 28.8 Å². The summed E-state index contributed by atoms with van der Waals surface area (Å²) in [4.78, 5) is 27.9. The minimum atomic E-state index is -0.654. The third kappa shape index (κ3) is 6.66. The van der Waals surface area contributed by atoms with Crippen molar-refractivity contribution in [2.24, 2.45) is 0 Å². The zero-order valence-electron chi connectivity index (χ0n) is 19.0. The Balaban J connectivity index is 1.71. The molecule has 1 saturated heterocycles. The number of halogens is 1. The summed E-state index contributed by atoms with van der Waals surface area (Å²) >= 11 is 7.60. The van der Waals surface area contributed by atoms with Crippen LogP contribution in [-0.2, 0) is 16.0 Å². The molecule has 0 saturated carbocycles. The van der Waals surface area contributed by atoms with E-state index in [1.165, 1.54) is 5.56 Å². The van der Waals surface area contributed by atoms with E-state index in [2.05, 4.69) is 17.4 Å². The van der Waals surface area contributed by atoms with Gasteiger partial charge in [0.15, 0.2) is 0 Å². The maximum Gasteiger partial charge on any atom is 0.412 e. The third-order valence-electron chi connectivity index (χ3n) is 5.16. The van der Waals surface area contributed by atoms with Gasteiger partial charge in [0, 0.05) is 16.8 Å². The number of ether oxygens (including phenoxy) is 1. The van der Waals surface area contributed by atoms with Crippen molar-refractivity contribution in [2.45, 2.75) is 63.6 Å². The van der Waals surface area contributed by atoms with Gasteiger partial charge in [0.1, 0.15) is 17.0 Å². The van der Waals surface area contributed by atoms with Gasteiger partial charge in [0.2, 0.25) is 5.91 Å². The van der Waals surface area contributed by atoms with E-state index in [9.17, 15) is 9.59 Å². The Labute approximate surface area is 199 Å². The first-order chi connectivity index (χ1) is 15.1. The second-order valence-electron chi connectivity index (χ2n) is 9.07. The summed E-state index contributed by atoms with van der Waals surface area (Å²) < 4.78 is 5.66. The lowest BCUT2D eigenvalue weighted by molar-refractivity contribution is -0.126. The first kappa shape index (κ1) is 24.5. The Kier molecular flexibility index (Phi) is 8.12. The van der Waals surface area contributed by atoms with Crippen LogP contribution in [0.25, 0.3) is 0 Å². The highest BCUT2D eigenvalue weighted by atomic mass is 35.5. The quantitative estimate of drug-likeness (QED) is 0.572. The van der Waals surface area contributed by atoms with Crippen LogP contribution in [0.15, 0.2) is 54.6 Å². The predicted octanol–water partition coefficient (Wildman–Crippen LogP) is 5.83. The number of rotatable bonds is 6. The molecule has 0 spiro atoms. The maximum atomic E-state index is 13.2. The molecule has 7 heteroatoms. The molecule has 172 valence electrons. The second kappa shape index (κ2) is 10.6. The second-order valence-corrected chi connectivity index (χ2v) is 10.6. The van der Waals surface area contributed by atoms with Gasteiger partial charge in [-0.05, 0) is 63.8 Å². The fourth-order valence-electron chi connectivity index (χ4n) is 3.57. The summed E-state index contributed by atoms with van der Waals surface area (Å²) in [5.41, 5.74) is 1.50. The molecule has 1 aliphatic rings. The van der Waals surface area contributed by atoms with E-state index >= 15 is 0 Å². The van der Waals surface area contributed by atoms with Crippen molar-refractivity contribution >= 4 is 35.4 Å². The number of aryl methyl sites for hydroxylation is 1. The normalized spacial score (nSPS) is 19.5. The molecule has 2 aromatic rings. The first-order valence-corrected chi connectivity index (χ1v) is 12.3.